The molecule has 84 heavy (non-hydrogen) atoms. The number of rotatable bonds is 29. The van der Waals surface area contributed by atoms with Gasteiger partial charge in [0, 0.05) is 47.4 Å². The highest BCUT2D eigenvalue weighted by molar-refractivity contribution is 14.1. The summed E-state index contributed by atoms with van der Waals surface area (Å²) in [6.07, 6.45) is 1.28. The Morgan fingerprint density at radius 2 is 1.04 bits per heavy atom. The molecule has 3 aromatic carbocycles. The Kier molecular flexibility index (Phi) is 27.8. The molecule has 0 unspecified atom stereocenters. The minimum absolute atomic E-state index is 0.0252. The summed E-state index contributed by atoms with van der Waals surface area (Å²) >= 11 is 2.12. The van der Waals surface area contributed by atoms with Crippen LogP contribution in [-0.2, 0) is 65.4 Å². The molecule has 0 heterocycles. The van der Waals surface area contributed by atoms with E-state index in [9.17, 15) is 43.2 Å². The van der Waals surface area contributed by atoms with Gasteiger partial charge in [-0.15, -0.1) is 0 Å². The number of nitrogens with one attached hydrogen (secondary N) is 5. The molecule has 3 aromatic rings. The maximum absolute atomic E-state index is 14.1. The molecule has 0 aliphatic rings. The molecular weight excluding hydrogens is 1190 g/mol. The maximum Gasteiger partial charge on any atom is 0.329 e. The number of carbonyl (C=O) groups is 9. The van der Waals surface area contributed by atoms with Gasteiger partial charge < -0.3 is 50.3 Å². The van der Waals surface area contributed by atoms with Gasteiger partial charge in [-0.2, -0.15) is 0 Å². The van der Waals surface area contributed by atoms with Crippen LogP contribution in [0.2, 0.25) is 0 Å². The molecule has 0 spiro atoms. The third-order valence-corrected chi connectivity index (χ3v) is 13.1. The Morgan fingerprint density at radius 1 is 0.512 bits per heavy atom. The van der Waals surface area contributed by atoms with E-state index < -0.39 is 112 Å². The van der Waals surface area contributed by atoms with Crippen LogP contribution < -0.4 is 31.3 Å². The first-order valence-corrected chi connectivity index (χ1v) is 29.8. The fraction of sp³-hybridized carbons (Fsp3) is 0.578. The Bertz CT molecular complexity index is 2660. The van der Waals surface area contributed by atoms with E-state index in [-0.39, 0.29) is 57.5 Å². The SMILES string of the molecule is CC(C)(C)OC(=O)CC[C@H](NC(=O)c1ccc(I)cc1)C(=O)C[C@@H](Cc1ccc(OCC(=O)N[C@@H](Cc2ccccc2)C(=O)NCCCC[C@H](NC(=O)N[C@@H](CCC(=O)OC(C)(C)C)C(=O)OC(C)(C)C)C(C)(C)C)cc1)C(=O)OC(C)(C)C. The third kappa shape index (κ3) is 29.8. The predicted molar refractivity (Wildman–Crippen MR) is 329 cm³/mol. The predicted octanol–water partition coefficient (Wildman–Crippen LogP) is 9.61. The van der Waals surface area contributed by atoms with Gasteiger partial charge >= 0.3 is 29.9 Å². The highest BCUT2D eigenvalue weighted by Gasteiger charge is 2.34. The summed E-state index contributed by atoms with van der Waals surface area (Å²) in [5, 5.41) is 14.3. The monoisotopic (exact) mass is 1280 g/mol. The second kappa shape index (κ2) is 32.6. The molecule has 0 saturated heterocycles. The highest BCUT2D eigenvalue weighted by atomic mass is 127. The van der Waals surface area contributed by atoms with Crippen molar-refractivity contribution in [2.45, 2.75) is 215 Å². The van der Waals surface area contributed by atoms with E-state index in [1.54, 1.807) is 132 Å². The maximum atomic E-state index is 14.1. The Morgan fingerprint density at radius 3 is 1.57 bits per heavy atom. The number of Topliss-reactive ketones (excluding diaryl/α,β-unsaturated/α-hetero) is 1. The number of hydrogen-bond acceptors (Lipinski definition) is 14. The summed E-state index contributed by atoms with van der Waals surface area (Å²) in [4.78, 5) is 120. The molecule has 19 nitrogen and oxygen atoms in total. The lowest BCUT2D eigenvalue weighted by Crippen LogP contribution is -2.53. The molecule has 0 saturated carbocycles. The summed E-state index contributed by atoms with van der Waals surface area (Å²) in [5.41, 5.74) is -1.80. The van der Waals surface area contributed by atoms with Crippen LogP contribution in [0.1, 0.15) is 177 Å². The van der Waals surface area contributed by atoms with Gasteiger partial charge in [-0.3, -0.25) is 33.6 Å². The summed E-state index contributed by atoms with van der Waals surface area (Å²) in [5.74, 6) is -4.93. The van der Waals surface area contributed by atoms with Gasteiger partial charge in [-0.1, -0.05) is 63.2 Å². The van der Waals surface area contributed by atoms with Crippen LogP contribution in [-0.4, -0.2) is 113 Å². The second-order valence-corrected chi connectivity index (χ2v) is 27.3. The molecule has 5 N–H and O–H groups in total. The number of ketones is 1. The van der Waals surface area contributed by atoms with Gasteiger partial charge in [0.1, 0.15) is 40.2 Å². The first kappa shape index (κ1) is 71.7. The summed E-state index contributed by atoms with van der Waals surface area (Å²) < 4.78 is 29.0. The summed E-state index contributed by atoms with van der Waals surface area (Å²) in [6.45, 7) is 26.5. The van der Waals surface area contributed by atoms with Crippen molar-refractivity contribution in [1.82, 2.24) is 26.6 Å². The lowest BCUT2D eigenvalue weighted by molar-refractivity contribution is -0.161. The van der Waals surface area contributed by atoms with E-state index in [4.69, 9.17) is 23.7 Å². The average Bonchev–Trinajstić information content (AvgIpc) is 3.35. The lowest BCUT2D eigenvalue weighted by atomic mass is 9.84. The van der Waals surface area contributed by atoms with Crippen molar-refractivity contribution < 1.29 is 66.8 Å². The molecule has 3 rings (SSSR count). The van der Waals surface area contributed by atoms with E-state index in [1.165, 1.54) is 0 Å². The van der Waals surface area contributed by atoms with Crippen molar-refractivity contribution in [2.75, 3.05) is 13.2 Å². The first-order valence-electron chi connectivity index (χ1n) is 28.7. The number of urea groups is 1. The van der Waals surface area contributed by atoms with Crippen LogP contribution >= 0.6 is 22.6 Å². The van der Waals surface area contributed by atoms with Crippen LogP contribution in [0.4, 0.5) is 4.79 Å². The Hall–Kier alpha value is -6.58. The van der Waals surface area contributed by atoms with E-state index in [0.717, 1.165) is 9.13 Å². The first-order chi connectivity index (χ1) is 38.8. The largest absolute Gasteiger partial charge is 0.484 e. The molecule has 0 aliphatic heterocycles. The topological polar surface area (TPSA) is 260 Å². The zero-order chi connectivity index (χ0) is 63.2. The molecule has 5 atom stereocenters. The summed E-state index contributed by atoms with van der Waals surface area (Å²) in [6, 6.07) is 18.5. The second-order valence-electron chi connectivity index (χ2n) is 26.0. The van der Waals surface area contributed by atoms with Crippen LogP contribution in [0.25, 0.3) is 0 Å². The van der Waals surface area contributed by atoms with E-state index in [0.29, 0.717) is 36.1 Å². The van der Waals surface area contributed by atoms with E-state index in [1.807, 2.05) is 51.1 Å². The molecule has 0 aromatic heterocycles. The number of ether oxygens (including phenoxy) is 5. The standard InChI is InChI=1S/C64H92IN5O14/c1-60(2,3)51(70-59(79)69-48(58(78)84-64(13,14)15)33-35-54(74)82-62(7,8)9)23-19-20-36-66-56(76)49(38-41-21-17-16-18-22-41)67-52(72)40-80-46-30-24-42(25-31-46)37-44(57(77)83-63(10,11)12)39-50(71)47(32-34-53(73)81-61(4,5)6)68-55(75)43-26-28-45(65)29-27-43/h16-18,21-22,24-31,44,47-49,51H,19-20,23,32-40H2,1-15H3,(H,66,76)(H,67,72)(H,68,75)(H2,69,70,79)/t44-,47+,48+,49+,51+/m1/s1. The van der Waals surface area contributed by atoms with Crippen molar-refractivity contribution in [3.63, 3.8) is 0 Å². The number of esters is 4. The Labute approximate surface area is 510 Å². The quantitative estimate of drug-likeness (QED) is 0.0188. The number of halogens is 1. The molecule has 0 fully saturated rings. The van der Waals surface area contributed by atoms with Crippen molar-refractivity contribution in [3.8, 4) is 5.75 Å². The number of unbranched alkanes of at least 4 members (excludes halogenated alkanes) is 1. The van der Waals surface area contributed by atoms with Gasteiger partial charge in [0.05, 0.1) is 12.0 Å². The average molecular weight is 1280 g/mol. The van der Waals surface area contributed by atoms with Crippen LogP contribution in [0.15, 0.2) is 78.9 Å². The van der Waals surface area contributed by atoms with Gasteiger partial charge in [0.2, 0.25) is 5.91 Å². The van der Waals surface area contributed by atoms with Crippen LogP contribution in [0.3, 0.4) is 0 Å². The van der Waals surface area contributed by atoms with E-state index in [2.05, 4.69) is 49.2 Å². The normalized spacial score (nSPS) is 13.8. The smallest absolute Gasteiger partial charge is 0.329 e. The molecule has 0 bridgehead atoms. The number of hydrogen-bond donors (Lipinski definition) is 5. The number of benzene rings is 3. The number of carbonyl (C=O) groups excluding carboxylic acids is 9. The minimum Gasteiger partial charge on any atom is -0.484 e. The number of amides is 5. The van der Waals surface area contributed by atoms with Gasteiger partial charge in [0.15, 0.2) is 12.4 Å². The molecule has 464 valence electrons. The zero-order valence-electron chi connectivity index (χ0n) is 52.0. The van der Waals surface area contributed by atoms with Crippen molar-refractivity contribution in [2.24, 2.45) is 11.3 Å². The molecule has 5 amide bonds. The van der Waals surface area contributed by atoms with Crippen LogP contribution in [0, 0.1) is 14.9 Å². The minimum atomic E-state index is -1.13. The molecule has 20 heteroatoms. The fourth-order valence-electron chi connectivity index (χ4n) is 8.44. The van der Waals surface area contributed by atoms with Crippen molar-refractivity contribution in [1.29, 1.82) is 0 Å². The molecule has 0 aliphatic carbocycles. The zero-order valence-corrected chi connectivity index (χ0v) is 54.1. The molecule has 0 radical (unpaired) electrons. The highest BCUT2D eigenvalue weighted by Crippen LogP contribution is 2.25. The Balaban J connectivity index is 1.66. The molecular formula is C64H92IN5O14. The van der Waals surface area contributed by atoms with Gasteiger partial charge in [-0.05, 0) is 197 Å². The van der Waals surface area contributed by atoms with E-state index >= 15 is 0 Å². The summed E-state index contributed by atoms with van der Waals surface area (Å²) in [7, 11) is 0. The van der Waals surface area contributed by atoms with Crippen LogP contribution in [0.5, 0.6) is 5.75 Å². The lowest BCUT2D eigenvalue weighted by Gasteiger charge is -2.32. The fourth-order valence-corrected chi connectivity index (χ4v) is 8.79. The van der Waals surface area contributed by atoms with Gasteiger partial charge in [0.25, 0.3) is 11.8 Å². The third-order valence-electron chi connectivity index (χ3n) is 12.4. The van der Waals surface area contributed by atoms with Crippen molar-refractivity contribution in [3.05, 3.63) is 99.1 Å². The van der Waals surface area contributed by atoms with Crippen molar-refractivity contribution >= 4 is 76.0 Å². The van der Waals surface area contributed by atoms with Gasteiger partial charge in [-0.25, -0.2) is 9.59 Å².